The number of nitrogens with one attached hydrogen (secondary N) is 1. The highest BCUT2D eigenvalue weighted by Gasteiger charge is 2.26. The van der Waals surface area contributed by atoms with E-state index in [2.05, 4.69) is 20.0 Å². The van der Waals surface area contributed by atoms with Crippen LogP contribution in [0.25, 0.3) is 0 Å². The van der Waals surface area contributed by atoms with E-state index >= 15 is 0 Å². The van der Waals surface area contributed by atoms with Gasteiger partial charge in [-0.15, -0.1) is 0 Å². The zero-order valence-electron chi connectivity index (χ0n) is 9.93. The van der Waals surface area contributed by atoms with Crippen molar-refractivity contribution in [2.45, 2.75) is 12.8 Å². The number of rotatable bonds is 3. The van der Waals surface area contributed by atoms with Crippen LogP contribution < -0.4 is 10.5 Å². The lowest BCUT2D eigenvalue weighted by Crippen LogP contribution is -2.47. The SMILES string of the molecule is O=c1ccc(N2CCN(CC3CC3)CC2)n[nH]1. The van der Waals surface area contributed by atoms with Gasteiger partial charge >= 0.3 is 0 Å². The van der Waals surface area contributed by atoms with Crippen LogP contribution in [0.3, 0.4) is 0 Å². The number of piperazine rings is 1. The van der Waals surface area contributed by atoms with Crippen LogP contribution in [0.5, 0.6) is 0 Å². The van der Waals surface area contributed by atoms with Gasteiger partial charge in [0.05, 0.1) is 0 Å². The van der Waals surface area contributed by atoms with E-state index in [1.54, 1.807) is 12.1 Å². The number of hydrogen-bond acceptors (Lipinski definition) is 4. The van der Waals surface area contributed by atoms with Gasteiger partial charge in [-0.2, -0.15) is 5.10 Å². The van der Waals surface area contributed by atoms with Gasteiger partial charge in [0.2, 0.25) is 0 Å². The summed E-state index contributed by atoms with van der Waals surface area (Å²) in [5.74, 6) is 1.85. The fraction of sp³-hybridized carbons (Fsp3) is 0.667. The monoisotopic (exact) mass is 234 g/mol. The van der Waals surface area contributed by atoms with Crippen LogP contribution >= 0.6 is 0 Å². The average molecular weight is 234 g/mol. The molecule has 0 aromatic carbocycles. The van der Waals surface area contributed by atoms with Gasteiger partial charge in [-0.25, -0.2) is 5.10 Å². The molecule has 0 radical (unpaired) electrons. The second-order valence-electron chi connectivity index (χ2n) is 5.01. The Hall–Kier alpha value is -1.36. The molecule has 0 spiro atoms. The highest BCUT2D eigenvalue weighted by Crippen LogP contribution is 2.30. The zero-order valence-corrected chi connectivity index (χ0v) is 9.93. The van der Waals surface area contributed by atoms with Crippen molar-refractivity contribution in [2.75, 3.05) is 37.6 Å². The van der Waals surface area contributed by atoms with Gasteiger partial charge in [0, 0.05) is 38.8 Å². The summed E-state index contributed by atoms with van der Waals surface area (Å²) in [7, 11) is 0. The Morgan fingerprint density at radius 3 is 2.59 bits per heavy atom. The van der Waals surface area contributed by atoms with E-state index < -0.39 is 0 Å². The zero-order chi connectivity index (χ0) is 11.7. The minimum atomic E-state index is -0.138. The molecule has 1 aromatic heterocycles. The van der Waals surface area contributed by atoms with E-state index in [1.807, 2.05) is 0 Å². The predicted molar refractivity (Wildman–Crippen MR) is 66.2 cm³/mol. The summed E-state index contributed by atoms with van der Waals surface area (Å²) in [5, 5.41) is 6.56. The standard InChI is InChI=1S/C12H18N4O/c17-12-4-3-11(13-14-12)16-7-5-15(6-8-16)9-10-1-2-10/h3-4,10H,1-2,5-9H2,(H,14,17). The molecule has 2 fully saturated rings. The van der Waals surface area contributed by atoms with E-state index in [9.17, 15) is 4.79 Å². The topological polar surface area (TPSA) is 52.2 Å². The van der Waals surface area contributed by atoms with Gasteiger partial charge in [-0.05, 0) is 24.8 Å². The summed E-state index contributed by atoms with van der Waals surface area (Å²) in [6.07, 6.45) is 2.84. The van der Waals surface area contributed by atoms with Crippen LogP contribution in [0.1, 0.15) is 12.8 Å². The number of H-pyrrole nitrogens is 1. The first-order valence-electron chi connectivity index (χ1n) is 6.34. The highest BCUT2D eigenvalue weighted by molar-refractivity contribution is 5.36. The van der Waals surface area contributed by atoms with Crippen molar-refractivity contribution in [1.82, 2.24) is 15.1 Å². The Balaban J connectivity index is 1.56. The van der Waals surface area contributed by atoms with E-state index in [0.29, 0.717) is 0 Å². The van der Waals surface area contributed by atoms with E-state index in [1.165, 1.54) is 19.4 Å². The first-order chi connectivity index (χ1) is 8.31. The largest absolute Gasteiger partial charge is 0.353 e. The number of nitrogens with zero attached hydrogens (tertiary/aromatic N) is 3. The minimum Gasteiger partial charge on any atom is -0.353 e. The van der Waals surface area contributed by atoms with Crippen molar-refractivity contribution in [1.29, 1.82) is 0 Å². The second-order valence-corrected chi connectivity index (χ2v) is 5.01. The first kappa shape index (κ1) is 10.8. The van der Waals surface area contributed by atoms with E-state index in [4.69, 9.17) is 0 Å². The van der Waals surface area contributed by atoms with Gasteiger partial charge in [-0.1, -0.05) is 0 Å². The molecule has 17 heavy (non-hydrogen) atoms. The van der Waals surface area contributed by atoms with Crippen molar-refractivity contribution in [3.63, 3.8) is 0 Å². The molecule has 1 aromatic rings. The van der Waals surface area contributed by atoms with Crippen LogP contribution in [0.15, 0.2) is 16.9 Å². The Morgan fingerprint density at radius 2 is 2.00 bits per heavy atom. The first-order valence-corrected chi connectivity index (χ1v) is 6.34. The molecule has 92 valence electrons. The third-order valence-corrected chi connectivity index (χ3v) is 3.57. The fourth-order valence-electron chi connectivity index (χ4n) is 2.34. The maximum atomic E-state index is 10.9. The lowest BCUT2D eigenvalue weighted by atomic mass is 10.3. The number of aromatic amines is 1. The van der Waals surface area contributed by atoms with Gasteiger partial charge in [-0.3, -0.25) is 9.69 Å². The Kier molecular flexibility index (Phi) is 2.84. The molecule has 3 rings (SSSR count). The molecule has 1 aliphatic heterocycles. The van der Waals surface area contributed by atoms with Crippen LogP contribution in [0, 0.1) is 5.92 Å². The molecule has 0 amide bonds. The Bertz CT molecular complexity index is 412. The normalized spacial score (nSPS) is 21.8. The highest BCUT2D eigenvalue weighted by atomic mass is 16.1. The van der Waals surface area contributed by atoms with Gasteiger partial charge < -0.3 is 4.90 Å². The molecule has 1 aliphatic carbocycles. The minimum absolute atomic E-state index is 0.138. The molecule has 2 heterocycles. The lowest BCUT2D eigenvalue weighted by Gasteiger charge is -2.35. The van der Waals surface area contributed by atoms with Crippen molar-refractivity contribution in [2.24, 2.45) is 5.92 Å². The van der Waals surface area contributed by atoms with Crippen molar-refractivity contribution in [3.05, 3.63) is 22.5 Å². The summed E-state index contributed by atoms with van der Waals surface area (Å²) < 4.78 is 0. The molecule has 5 heteroatoms. The quantitative estimate of drug-likeness (QED) is 0.817. The third kappa shape index (κ3) is 2.66. The molecule has 2 aliphatic rings. The summed E-state index contributed by atoms with van der Waals surface area (Å²) in [6.45, 7) is 5.50. The predicted octanol–water partition coefficient (Wildman–Crippen LogP) is 0.302. The molecular formula is C12H18N4O. The summed E-state index contributed by atoms with van der Waals surface area (Å²) in [5.41, 5.74) is -0.138. The molecule has 0 atom stereocenters. The van der Waals surface area contributed by atoms with Crippen LogP contribution in [0.2, 0.25) is 0 Å². The maximum Gasteiger partial charge on any atom is 0.264 e. The fourth-order valence-corrected chi connectivity index (χ4v) is 2.34. The van der Waals surface area contributed by atoms with E-state index in [-0.39, 0.29) is 5.56 Å². The van der Waals surface area contributed by atoms with Gasteiger partial charge in [0.15, 0.2) is 0 Å². The van der Waals surface area contributed by atoms with E-state index in [0.717, 1.165) is 37.9 Å². The lowest BCUT2D eigenvalue weighted by molar-refractivity contribution is 0.247. The number of anilines is 1. The average Bonchev–Trinajstić information content (AvgIpc) is 3.15. The molecule has 0 unspecified atom stereocenters. The second kappa shape index (κ2) is 4.49. The van der Waals surface area contributed by atoms with Gasteiger partial charge in [0.25, 0.3) is 5.56 Å². The number of aromatic nitrogens is 2. The molecule has 1 saturated heterocycles. The summed E-state index contributed by atoms with van der Waals surface area (Å²) in [4.78, 5) is 15.7. The molecule has 1 saturated carbocycles. The molecule has 1 N–H and O–H groups in total. The Morgan fingerprint density at radius 1 is 1.24 bits per heavy atom. The summed E-state index contributed by atoms with van der Waals surface area (Å²) in [6, 6.07) is 3.34. The van der Waals surface area contributed by atoms with Crippen LogP contribution in [-0.4, -0.2) is 47.8 Å². The molecular weight excluding hydrogens is 216 g/mol. The maximum absolute atomic E-state index is 10.9. The number of hydrogen-bond donors (Lipinski definition) is 1. The van der Waals surface area contributed by atoms with Crippen molar-refractivity contribution >= 4 is 5.82 Å². The van der Waals surface area contributed by atoms with Crippen LogP contribution in [-0.2, 0) is 0 Å². The summed E-state index contributed by atoms with van der Waals surface area (Å²) >= 11 is 0. The molecule has 0 bridgehead atoms. The third-order valence-electron chi connectivity index (χ3n) is 3.57. The van der Waals surface area contributed by atoms with Crippen LogP contribution in [0.4, 0.5) is 5.82 Å². The Labute approximate surface area is 100 Å². The van der Waals surface area contributed by atoms with Crippen molar-refractivity contribution in [3.8, 4) is 0 Å². The van der Waals surface area contributed by atoms with Crippen molar-refractivity contribution < 1.29 is 0 Å². The molecule has 5 nitrogen and oxygen atoms in total. The smallest absolute Gasteiger partial charge is 0.264 e. The van der Waals surface area contributed by atoms with Gasteiger partial charge in [0.1, 0.15) is 5.82 Å².